The third-order valence-corrected chi connectivity index (χ3v) is 3.19. The monoisotopic (exact) mass is 243 g/mol. The summed E-state index contributed by atoms with van der Waals surface area (Å²) in [7, 11) is 0. The van der Waals surface area contributed by atoms with Crippen LogP contribution in [0.3, 0.4) is 0 Å². The van der Waals surface area contributed by atoms with Gasteiger partial charge in [0.2, 0.25) is 0 Å². The Balaban J connectivity index is 2.49. The molecule has 1 aromatic carbocycles. The number of pyridine rings is 1. The standard InChI is InChI=1S/C15H17NO2/c1-10-4-6-13(7-5-10)12(3)16-11(2)8-14(17)9-15(16)18/h4-9,12,17H,1-3H3. The Labute approximate surface area is 106 Å². The first-order valence-corrected chi connectivity index (χ1v) is 5.98. The normalized spacial score (nSPS) is 12.4. The zero-order valence-corrected chi connectivity index (χ0v) is 10.8. The van der Waals surface area contributed by atoms with Crippen LogP contribution in [0.25, 0.3) is 0 Å². The first-order valence-electron chi connectivity index (χ1n) is 5.98. The van der Waals surface area contributed by atoms with E-state index in [1.165, 1.54) is 11.6 Å². The maximum Gasteiger partial charge on any atom is 0.254 e. The molecule has 1 heterocycles. The summed E-state index contributed by atoms with van der Waals surface area (Å²) in [5, 5.41) is 9.39. The Bertz CT molecular complexity index is 611. The number of hydrogen-bond acceptors (Lipinski definition) is 2. The third kappa shape index (κ3) is 2.30. The van der Waals surface area contributed by atoms with Crippen molar-refractivity contribution in [1.29, 1.82) is 0 Å². The van der Waals surface area contributed by atoms with E-state index < -0.39 is 0 Å². The lowest BCUT2D eigenvalue weighted by Crippen LogP contribution is -2.25. The lowest BCUT2D eigenvalue weighted by Gasteiger charge is -2.18. The van der Waals surface area contributed by atoms with Gasteiger partial charge in [0.25, 0.3) is 5.56 Å². The smallest absolute Gasteiger partial charge is 0.254 e. The number of aryl methyl sites for hydroxylation is 2. The second-order valence-electron chi connectivity index (χ2n) is 4.65. The van der Waals surface area contributed by atoms with Crippen LogP contribution in [-0.2, 0) is 0 Å². The molecule has 0 radical (unpaired) electrons. The van der Waals surface area contributed by atoms with Crippen molar-refractivity contribution in [3.05, 3.63) is 63.6 Å². The van der Waals surface area contributed by atoms with Gasteiger partial charge in [-0.05, 0) is 32.4 Å². The van der Waals surface area contributed by atoms with E-state index in [1.807, 2.05) is 45.0 Å². The molecule has 0 saturated carbocycles. The van der Waals surface area contributed by atoms with Crippen LogP contribution in [0.2, 0.25) is 0 Å². The molecule has 3 heteroatoms. The molecular weight excluding hydrogens is 226 g/mol. The second kappa shape index (κ2) is 4.69. The van der Waals surface area contributed by atoms with Gasteiger partial charge in [0.1, 0.15) is 5.75 Å². The molecule has 1 unspecified atom stereocenters. The molecule has 1 atom stereocenters. The zero-order valence-electron chi connectivity index (χ0n) is 10.8. The molecule has 0 spiro atoms. The van der Waals surface area contributed by atoms with Crippen LogP contribution in [0.15, 0.2) is 41.2 Å². The summed E-state index contributed by atoms with van der Waals surface area (Å²) in [5.41, 5.74) is 2.85. The summed E-state index contributed by atoms with van der Waals surface area (Å²) in [6.07, 6.45) is 0. The van der Waals surface area contributed by atoms with Gasteiger partial charge in [0, 0.05) is 11.8 Å². The van der Waals surface area contributed by atoms with Gasteiger partial charge < -0.3 is 9.67 Å². The third-order valence-electron chi connectivity index (χ3n) is 3.19. The van der Waals surface area contributed by atoms with E-state index in [4.69, 9.17) is 0 Å². The van der Waals surface area contributed by atoms with Crippen molar-refractivity contribution in [2.75, 3.05) is 0 Å². The van der Waals surface area contributed by atoms with Crippen LogP contribution in [0.4, 0.5) is 0 Å². The Morgan fingerprint density at radius 2 is 1.72 bits per heavy atom. The molecule has 0 aliphatic carbocycles. The minimum Gasteiger partial charge on any atom is -0.508 e. The van der Waals surface area contributed by atoms with Crippen LogP contribution < -0.4 is 5.56 Å². The van der Waals surface area contributed by atoms with Gasteiger partial charge in [0.05, 0.1) is 6.04 Å². The highest BCUT2D eigenvalue weighted by molar-refractivity contribution is 5.27. The van der Waals surface area contributed by atoms with Gasteiger partial charge in [-0.15, -0.1) is 0 Å². The first kappa shape index (κ1) is 12.4. The highest BCUT2D eigenvalue weighted by Crippen LogP contribution is 2.19. The van der Waals surface area contributed by atoms with Crippen LogP contribution in [0.5, 0.6) is 5.75 Å². The van der Waals surface area contributed by atoms with Gasteiger partial charge in [-0.1, -0.05) is 29.8 Å². The molecule has 2 rings (SSSR count). The fourth-order valence-electron chi connectivity index (χ4n) is 2.19. The number of aromatic nitrogens is 1. The molecular formula is C15H17NO2. The van der Waals surface area contributed by atoms with E-state index in [1.54, 1.807) is 10.6 Å². The van der Waals surface area contributed by atoms with E-state index in [0.29, 0.717) is 0 Å². The maximum atomic E-state index is 11.9. The number of aromatic hydroxyl groups is 1. The van der Waals surface area contributed by atoms with Crippen LogP contribution in [0, 0.1) is 13.8 Å². The van der Waals surface area contributed by atoms with E-state index in [2.05, 4.69) is 0 Å². The molecule has 0 saturated heterocycles. The lowest BCUT2D eigenvalue weighted by molar-refractivity contribution is 0.467. The number of benzene rings is 1. The summed E-state index contributed by atoms with van der Waals surface area (Å²) < 4.78 is 1.68. The molecule has 94 valence electrons. The average Bonchev–Trinajstić information content (AvgIpc) is 2.28. The van der Waals surface area contributed by atoms with Crippen molar-refractivity contribution >= 4 is 0 Å². The molecule has 2 aromatic rings. The largest absolute Gasteiger partial charge is 0.508 e. The molecule has 0 aliphatic heterocycles. The second-order valence-corrected chi connectivity index (χ2v) is 4.65. The van der Waals surface area contributed by atoms with E-state index in [0.717, 1.165) is 11.3 Å². The molecule has 0 aliphatic rings. The van der Waals surface area contributed by atoms with Crippen molar-refractivity contribution in [2.45, 2.75) is 26.8 Å². The minimum atomic E-state index is -0.180. The molecule has 3 nitrogen and oxygen atoms in total. The number of nitrogens with zero attached hydrogens (tertiary/aromatic N) is 1. The number of hydrogen-bond donors (Lipinski definition) is 1. The highest BCUT2D eigenvalue weighted by Gasteiger charge is 2.12. The SMILES string of the molecule is Cc1ccc(C(C)n2c(C)cc(O)cc2=O)cc1. The van der Waals surface area contributed by atoms with Gasteiger partial charge >= 0.3 is 0 Å². The summed E-state index contributed by atoms with van der Waals surface area (Å²) in [6.45, 7) is 5.84. The van der Waals surface area contributed by atoms with Gasteiger partial charge in [0.15, 0.2) is 0 Å². The van der Waals surface area contributed by atoms with Crippen LogP contribution in [-0.4, -0.2) is 9.67 Å². The Morgan fingerprint density at radius 1 is 1.11 bits per heavy atom. The summed E-state index contributed by atoms with van der Waals surface area (Å²) in [4.78, 5) is 11.9. The van der Waals surface area contributed by atoms with Gasteiger partial charge in [-0.25, -0.2) is 0 Å². The Morgan fingerprint density at radius 3 is 2.28 bits per heavy atom. The lowest BCUT2D eigenvalue weighted by atomic mass is 10.1. The topological polar surface area (TPSA) is 42.2 Å². The molecule has 1 aromatic heterocycles. The molecule has 18 heavy (non-hydrogen) atoms. The fraction of sp³-hybridized carbons (Fsp3) is 0.267. The van der Waals surface area contributed by atoms with Crippen molar-refractivity contribution in [3.63, 3.8) is 0 Å². The highest BCUT2D eigenvalue weighted by atomic mass is 16.3. The van der Waals surface area contributed by atoms with Crippen LogP contribution >= 0.6 is 0 Å². The van der Waals surface area contributed by atoms with Gasteiger partial charge in [-0.2, -0.15) is 0 Å². The van der Waals surface area contributed by atoms with Crippen molar-refractivity contribution in [1.82, 2.24) is 4.57 Å². The van der Waals surface area contributed by atoms with E-state index in [9.17, 15) is 9.90 Å². The first-order chi connectivity index (χ1) is 8.49. The van der Waals surface area contributed by atoms with E-state index in [-0.39, 0.29) is 17.4 Å². The molecule has 0 fully saturated rings. The average molecular weight is 243 g/mol. The maximum absolute atomic E-state index is 11.9. The molecule has 0 bridgehead atoms. The molecule has 0 amide bonds. The Hall–Kier alpha value is -2.03. The zero-order chi connectivity index (χ0) is 13.3. The van der Waals surface area contributed by atoms with Crippen LogP contribution in [0.1, 0.15) is 29.8 Å². The van der Waals surface area contributed by atoms with Crippen molar-refractivity contribution < 1.29 is 5.11 Å². The Kier molecular flexibility index (Phi) is 3.24. The minimum absolute atomic E-state index is 0.0184. The molecule has 1 N–H and O–H groups in total. The summed E-state index contributed by atoms with van der Waals surface area (Å²) in [5.74, 6) is 0.0184. The van der Waals surface area contributed by atoms with Crippen molar-refractivity contribution in [3.8, 4) is 5.75 Å². The quantitative estimate of drug-likeness (QED) is 0.881. The van der Waals surface area contributed by atoms with E-state index >= 15 is 0 Å². The predicted molar refractivity (Wildman–Crippen MR) is 72.1 cm³/mol. The summed E-state index contributed by atoms with van der Waals surface area (Å²) in [6, 6.07) is 10.9. The van der Waals surface area contributed by atoms with Gasteiger partial charge in [-0.3, -0.25) is 4.79 Å². The fourth-order valence-corrected chi connectivity index (χ4v) is 2.19. The summed E-state index contributed by atoms with van der Waals surface area (Å²) >= 11 is 0. The number of rotatable bonds is 2. The predicted octanol–water partition coefficient (Wildman–Crippen LogP) is 2.78. The van der Waals surface area contributed by atoms with Crippen molar-refractivity contribution in [2.24, 2.45) is 0 Å².